The van der Waals surface area contributed by atoms with E-state index in [4.69, 9.17) is 0 Å². The van der Waals surface area contributed by atoms with E-state index < -0.39 is 0 Å². The SMILES string of the molecule is Cc1ccc(C(=O)Nc2ccc(C)c(Nc3nccc(-c4cccnc4)n3)c2)cc1O. The highest BCUT2D eigenvalue weighted by atomic mass is 16.3. The number of rotatable bonds is 5. The Morgan fingerprint density at radius 2 is 1.81 bits per heavy atom. The number of phenols is 1. The zero-order chi connectivity index (χ0) is 21.8. The molecule has 4 aromatic rings. The van der Waals surface area contributed by atoms with Crippen molar-refractivity contribution in [2.75, 3.05) is 10.6 Å². The molecule has 7 nitrogen and oxygen atoms in total. The third kappa shape index (κ3) is 4.67. The molecule has 2 aromatic heterocycles. The van der Waals surface area contributed by atoms with Crippen molar-refractivity contribution in [1.82, 2.24) is 15.0 Å². The number of hydrogen-bond acceptors (Lipinski definition) is 6. The molecule has 2 heterocycles. The lowest BCUT2D eigenvalue weighted by molar-refractivity contribution is 0.102. The molecule has 0 fully saturated rings. The molecule has 0 bridgehead atoms. The number of benzene rings is 2. The number of amides is 1. The first-order chi connectivity index (χ1) is 15.0. The van der Waals surface area contributed by atoms with Gasteiger partial charge in [0.1, 0.15) is 5.75 Å². The fourth-order valence-corrected chi connectivity index (χ4v) is 3.00. The molecule has 1 amide bonds. The van der Waals surface area contributed by atoms with Crippen molar-refractivity contribution in [1.29, 1.82) is 0 Å². The first-order valence-electron chi connectivity index (χ1n) is 9.72. The molecule has 0 unspecified atom stereocenters. The van der Waals surface area contributed by atoms with Gasteiger partial charge < -0.3 is 15.7 Å². The van der Waals surface area contributed by atoms with Crippen molar-refractivity contribution in [3.63, 3.8) is 0 Å². The minimum absolute atomic E-state index is 0.0876. The van der Waals surface area contributed by atoms with Crippen LogP contribution < -0.4 is 10.6 Å². The Kier molecular flexibility index (Phi) is 5.57. The summed E-state index contributed by atoms with van der Waals surface area (Å²) in [6.45, 7) is 3.73. The van der Waals surface area contributed by atoms with Gasteiger partial charge >= 0.3 is 0 Å². The number of aromatic nitrogens is 3. The van der Waals surface area contributed by atoms with Crippen LogP contribution in [0.2, 0.25) is 0 Å². The standard InChI is InChI=1S/C24H21N5O2/c1-15-6-8-19(27-23(31)17-7-5-16(2)22(30)12-17)13-21(15)29-24-26-11-9-20(28-24)18-4-3-10-25-14-18/h3-14,30H,1-2H3,(H,27,31)(H,26,28,29). The van der Waals surface area contributed by atoms with Gasteiger partial charge in [-0.3, -0.25) is 9.78 Å². The molecule has 0 radical (unpaired) electrons. The minimum atomic E-state index is -0.306. The summed E-state index contributed by atoms with van der Waals surface area (Å²) < 4.78 is 0. The number of carbonyl (C=O) groups is 1. The zero-order valence-corrected chi connectivity index (χ0v) is 17.1. The Balaban J connectivity index is 1.54. The van der Waals surface area contributed by atoms with E-state index in [9.17, 15) is 9.90 Å². The molecule has 2 aromatic carbocycles. The van der Waals surface area contributed by atoms with Gasteiger partial charge in [-0.25, -0.2) is 9.97 Å². The lowest BCUT2D eigenvalue weighted by Crippen LogP contribution is -2.12. The summed E-state index contributed by atoms with van der Waals surface area (Å²) in [7, 11) is 0. The predicted molar refractivity (Wildman–Crippen MR) is 121 cm³/mol. The Morgan fingerprint density at radius 3 is 2.58 bits per heavy atom. The number of nitrogens with one attached hydrogen (secondary N) is 2. The van der Waals surface area contributed by atoms with Gasteiger partial charge in [0.15, 0.2) is 0 Å². The van der Waals surface area contributed by atoms with Gasteiger partial charge in [-0.05, 0) is 67.4 Å². The maximum Gasteiger partial charge on any atom is 0.255 e. The van der Waals surface area contributed by atoms with E-state index in [1.165, 1.54) is 6.07 Å². The molecular weight excluding hydrogens is 390 g/mol. The highest BCUT2D eigenvalue weighted by Crippen LogP contribution is 2.25. The Labute approximate surface area is 179 Å². The third-order valence-corrected chi connectivity index (χ3v) is 4.83. The number of phenolic OH excluding ortho intramolecular Hbond substituents is 1. The van der Waals surface area contributed by atoms with E-state index in [1.54, 1.807) is 37.6 Å². The average Bonchev–Trinajstić information content (AvgIpc) is 2.78. The smallest absolute Gasteiger partial charge is 0.255 e. The molecule has 0 spiro atoms. The van der Waals surface area contributed by atoms with Crippen molar-refractivity contribution < 1.29 is 9.90 Å². The van der Waals surface area contributed by atoms with Crippen molar-refractivity contribution in [3.8, 4) is 17.0 Å². The quantitative estimate of drug-likeness (QED) is 0.434. The van der Waals surface area contributed by atoms with E-state index in [-0.39, 0.29) is 11.7 Å². The van der Waals surface area contributed by atoms with E-state index in [0.29, 0.717) is 22.8 Å². The fourth-order valence-electron chi connectivity index (χ4n) is 3.00. The van der Waals surface area contributed by atoms with Crippen LogP contribution in [0.1, 0.15) is 21.5 Å². The molecule has 0 saturated carbocycles. The van der Waals surface area contributed by atoms with E-state index in [2.05, 4.69) is 25.6 Å². The number of anilines is 3. The highest BCUT2D eigenvalue weighted by molar-refractivity contribution is 6.04. The molecular formula is C24H21N5O2. The Hall–Kier alpha value is -4.26. The first-order valence-corrected chi connectivity index (χ1v) is 9.72. The van der Waals surface area contributed by atoms with Crippen LogP contribution in [-0.2, 0) is 0 Å². The van der Waals surface area contributed by atoms with E-state index in [0.717, 1.165) is 22.5 Å². The van der Waals surface area contributed by atoms with Gasteiger partial charge in [0.2, 0.25) is 5.95 Å². The van der Waals surface area contributed by atoms with Gasteiger partial charge in [0.25, 0.3) is 5.91 Å². The maximum atomic E-state index is 12.6. The molecule has 0 aliphatic heterocycles. The van der Waals surface area contributed by atoms with Crippen LogP contribution in [0.5, 0.6) is 5.75 Å². The molecule has 3 N–H and O–H groups in total. The van der Waals surface area contributed by atoms with Crippen LogP contribution in [0.3, 0.4) is 0 Å². The molecule has 31 heavy (non-hydrogen) atoms. The molecule has 0 aliphatic carbocycles. The third-order valence-electron chi connectivity index (χ3n) is 4.83. The fraction of sp³-hybridized carbons (Fsp3) is 0.0833. The largest absolute Gasteiger partial charge is 0.508 e. The Morgan fingerprint density at radius 1 is 0.968 bits per heavy atom. The summed E-state index contributed by atoms with van der Waals surface area (Å²) in [5.74, 6) is 0.223. The monoisotopic (exact) mass is 411 g/mol. The van der Waals surface area contributed by atoms with Gasteiger partial charge in [-0.1, -0.05) is 12.1 Å². The highest BCUT2D eigenvalue weighted by Gasteiger charge is 2.10. The van der Waals surface area contributed by atoms with Crippen LogP contribution in [0.4, 0.5) is 17.3 Å². The second-order valence-corrected chi connectivity index (χ2v) is 7.12. The van der Waals surface area contributed by atoms with E-state index >= 15 is 0 Å². The van der Waals surface area contributed by atoms with Crippen molar-refractivity contribution in [3.05, 3.63) is 89.9 Å². The molecule has 7 heteroatoms. The van der Waals surface area contributed by atoms with Gasteiger partial charge in [0.05, 0.1) is 5.69 Å². The summed E-state index contributed by atoms with van der Waals surface area (Å²) in [6, 6.07) is 16.0. The van der Waals surface area contributed by atoms with Crippen LogP contribution in [0.25, 0.3) is 11.3 Å². The number of nitrogens with zero attached hydrogens (tertiary/aromatic N) is 3. The molecule has 0 atom stereocenters. The normalized spacial score (nSPS) is 10.5. The topological polar surface area (TPSA) is 100 Å². The number of carbonyl (C=O) groups excluding carboxylic acids is 1. The van der Waals surface area contributed by atoms with Crippen molar-refractivity contribution in [2.24, 2.45) is 0 Å². The van der Waals surface area contributed by atoms with Crippen LogP contribution in [-0.4, -0.2) is 26.0 Å². The molecule has 0 saturated heterocycles. The molecule has 4 rings (SSSR count). The number of pyridine rings is 1. The average molecular weight is 411 g/mol. The summed E-state index contributed by atoms with van der Waals surface area (Å²) in [6.07, 6.45) is 5.14. The second-order valence-electron chi connectivity index (χ2n) is 7.12. The summed E-state index contributed by atoms with van der Waals surface area (Å²) in [4.78, 5) is 25.5. The van der Waals surface area contributed by atoms with Crippen LogP contribution in [0.15, 0.2) is 73.2 Å². The second kappa shape index (κ2) is 8.62. The first kappa shape index (κ1) is 20.0. The maximum absolute atomic E-state index is 12.6. The van der Waals surface area contributed by atoms with Crippen molar-refractivity contribution >= 4 is 23.2 Å². The van der Waals surface area contributed by atoms with Gasteiger partial charge in [-0.2, -0.15) is 0 Å². The van der Waals surface area contributed by atoms with Crippen LogP contribution >= 0.6 is 0 Å². The van der Waals surface area contributed by atoms with Crippen molar-refractivity contribution in [2.45, 2.75) is 13.8 Å². The summed E-state index contributed by atoms with van der Waals surface area (Å²) in [5, 5.41) is 15.9. The van der Waals surface area contributed by atoms with Gasteiger partial charge in [-0.15, -0.1) is 0 Å². The van der Waals surface area contributed by atoms with Crippen LogP contribution in [0, 0.1) is 13.8 Å². The lowest BCUT2D eigenvalue weighted by atomic mass is 10.1. The molecule has 154 valence electrons. The lowest BCUT2D eigenvalue weighted by Gasteiger charge is -2.12. The zero-order valence-electron chi connectivity index (χ0n) is 17.1. The Bertz CT molecular complexity index is 1240. The number of aromatic hydroxyl groups is 1. The number of aryl methyl sites for hydroxylation is 2. The number of hydrogen-bond donors (Lipinski definition) is 3. The summed E-state index contributed by atoms with van der Waals surface area (Å²) in [5.41, 5.74) is 5.10. The minimum Gasteiger partial charge on any atom is -0.508 e. The molecule has 0 aliphatic rings. The predicted octanol–water partition coefficient (Wildman–Crippen LogP) is 4.86. The summed E-state index contributed by atoms with van der Waals surface area (Å²) >= 11 is 0. The van der Waals surface area contributed by atoms with Gasteiger partial charge in [0, 0.05) is 41.1 Å². The van der Waals surface area contributed by atoms with E-state index in [1.807, 2.05) is 43.3 Å².